The normalized spacial score (nSPS) is 22.9. The summed E-state index contributed by atoms with van der Waals surface area (Å²) < 4.78 is 0. The number of piperidine rings is 1. The third-order valence-corrected chi connectivity index (χ3v) is 5.29. The van der Waals surface area contributed by atoms with Gasteiger partial charge in [0.05, 0.1) is 0 Å². The van der Waals surface area contributed by atoms with Crippen molar-refractivity contribution in [2.24, 2.45) is 5.92 Å². The highest BCUT2D eigenvalue weighted by atomic mass is 15.2. The zero-order valence-corrected chi connectivity index (χ0v) is 15.0. The SMILES string of the molecule is CCCc1ccc(CCCCN2CCC(C)CC2CC)cc1. The van der Waals surface area contributed by atoms with E-state index in [1.807, 2.05) is 0 Å². The van der Waals surface area contributed by atoms with Crippen LogP contribution in [0.15, 0.2) is 24.3 Å². The Labute approximate surface area is 138 Å². The highest BCUT2D eigenvalue weighted by molar-refractivity contribution is 5.22. The third-order valence-electron chi connectivity index (χ3n) is 5.29. The molecule has 2 atom stereocenters. The molecule has 1 aliphatic rings. The quantitative estimate of drug-likeness (QED) is 0.575. The van der Waals surface area contributed by atoms with Crippen LogP contribution in [0.3, 0.4) is 0 Å². The minimum absolute atomic E-state index is 0.845. The van der Waals surface area contributed by atoms with Crippen molar-refractivity contribution >= 4 is 0 Å². The Kier molecular flexibility index (Phi) is 7.45. The number of hydrogen-bond donors (Lipinski definition) is 0. The Balaban J connectivity index is 1.68. The molecule has 1 fully saturated rings. The monoisotopic (exact) mass is 301 g/mol. The fourth-order valence-electron chi connectivity index (χ4n) is 3.82. The minimum atomic E-state index is 0.845. The van der Waals surface area contributed by atoms with Gasteiger partial charge in [-0.05, 0) is 75.1 Å². The summed E-state index contributed by atoms with van der Waals surface area (Å²) >= 11 is 0. The van der Waals surface area contributed by atoms with Gasteiger partial charge in [-0.25, -0.2) is 0 Å². The lowest BCUT2D eigenvalue weighted by molar-refractivity contribution is 0.112. The van der Waals surface area contributed by atoms with Crippen LogP contribution in [0, 0.1) is 5.92 Å². The maximum absolute atomic E-state index is 2.75. The summed E-state index contributed by atoms with van der Waals surface area (Å²) in [7, 11) is 0. The molecule has 2 rings (SSSR count). The van der Waals surface area contributed by atoms with Gasteiger partial charge in [-0.15, -0.1) is 0 Å². The Bertz CT molecular complexity index is 408. The molecule has 0 spiro atoms. The van der Waals surface area contributed by atoms with E-state index in [4.69, 9.17) is 0 Å². The van der Waals surface area contributed by atoms with Crippen LogP contribution in [0.5, 0.6) is 0 Å². The summed E-state index contributed by atoms with van der Waals surface area (Å²) in [6, 6.07) is 10.2. The van der Waals surface area contributed by atoms with Gasteiger partial charge in [0.2, 0.25) is 0 Å². The van der Waals surface area contributed by atoms with E-state index in [-0.39, 0.29) is 0 Å². The summed E-state index contributed by atoms with van der Waals surface area (Å²) in [6.07, 6.45) is 10.5. The molecular weight excluding hydrogens is 266 g/mol. The zero-order valence-electron chi connectivity index (χ0n) is 15.0. The van der Waals surface area contributed by atoms with Gasteiger partial charge in [0.15, 0.2) is 0 Å². The van der Waals surface area contributed by atoms with Crippen molar-refractivity contribution < 1.29 is 0 Å². The van der Waals surface area contributed by atoms with Crippen LogP contribution in [-0.2, 0) is 12.8 Å². The van der Waals surface area contributed by atoms with Gasteiger partial charge >= 0.3 is 0 Å². The van der Waals surface area contributed by atoms with E-state index in [1.165, 1.54) is 75.6 Å². The first-order valence-electron chi connectivity index (χ1n) is 9.54. The van der Waals surface area contributed by atoms with Crippen LogP contribution in [0.4, 0.5) is 0 Å². The smallest absolute Gasteiger partial charge is 0.00951 e. The fraction of sp³-hybridized carbons (Fsp3) is 0.714. The van der Waals surface area contributed by atoms with E-state index >= 15 is 0 Å². The number of nitrogens with zero attached hydrogens (tertiary/aromatic N) is 1. The Morgan fingerprint density at radius 1 is 1.00 bits per heavy atom. The largest absolute Gasteiger partial charge is 0.300 e. The van der Waals surface area contributed by atoms with Crippen molar-refractivity contribution in [1.29, 1.82) is 0 Å². The van der Waals surface area contributed by atoms with Crippen molar-refractivity contribution in [2.45, 2.75) is 78.2 Å². The second-order valence-corrected chi connectivity index (χ2v) is 7.25. The first kappa shape index (κ1) is 17.5. The maximum atomic E-state index is 2.75. The molecule has 0 radical (unpaired) electrons. The van der Waals surface area contributed by atoms with Crippen molar-refractivity contribution in [3.05, 3.63) is 35.4 Å². The topological polar surface area (TPSA) is 3.24 Å². The Morgan fingerprint density at radius 2 is 1.68 bits per heavy atom. The predicted molar refractivity (Wildman–Crippen MR) is 97.4 cm³/mol. The van der Waals surface area contributed by atoms with Crippen LogP contribution in [0.25, 0.3) is 0 Å². The molecule has 1 saturated heterocycles. The number of aryl methyl sites for hydroxylation is 2. The maximum Gasteiger partial charge on any atom is 0.00951 e. The van der Waals surface area contributed by atoms with Crippen molar-refractivity contribution in [3.63, 3.8) is 0 Å². The van der Waals surface area contributed by atoms with E-state index < -0.39 is 0 Å². The van der Waals surface area contributed by atoms with Gasteiger partial charge in [-0.3, -0.25) is 0 Å². The third kappa shape index (κ3) is 5.43. The van der Waals surface area contributed by atoms with Crippen LogP contribution in [0.1, 0.15) is 70.4 Å². The first-order valence-corrected chi connectivity index (χ1v) is 9.54. The van der Waals surface area contributed by atoms with E-state index in [9.17, 15) is 0 Å². The van der Waals surface area contributed by atoms with E-state index in [0.29, 0.717) is 0 Å². The summed E-state index contributed by atoms with van der Waals surface area (Å²) in [5.41, 5.74) is 3.00. The number of benzene rings is 1. The Hall–Kier alpha value is -0.820. The van der Waals surface area contributed by atoms with Crippen LogP contribution >= 0.6 is 0 Å². The van der Waals surface area contributed by atoms with E-state index in [1.54, 1.807) is 0 Å². The summed E-state index contributed by atoms with van der Waals surface area (Å²) in [5, 5.41) is 0. The lowest BCUT2D eigenvalue weighted by Gasteiger charge is -2.38. The average molecular weight is 302 g/mol. The van der Waals surface area contributed by atoms with Gasteiger partial charge in [-0.2, -0.15) is 0 Å². The molecule has 0 N–H and O–H groups in total. The number of hydrogen-bond acceptors (Lipinski definition) is 1. The number of unbranched alkanes of at least 4 members (excludes halogenated alkanes) is 1. The molecule has 22 heavy (non-hydrogen) atoms. The molecule has 1 heterocycles. The zero-order chi connectivity index (χ0) is 15.8. The van der Waals surface area contributed by atoms with Crippen LogP contribution in [0.2, 0.25) is 0 Å². The average Bonchev–Trinajstić information content (AvgIpc) is 2.54. The van der Waals surface area contributed by atoms with Gasteiger partial charge < -0.3 is 4.90 Å². The molecule has 2 unspecified atom stereocenters. The predicted octanol–water partition coefficient (Wildman–Crippen LogP) is 5.47. The molecule has 0 aliphatic carbocycles. The van der Waals surface area contributed by atoms with Crippen molar-refractivity contribution in [2.75, 3.05) is 13.1 Å². The van der Waals surface area contributed by atoms with Gasteiger partial charge in [0.1, 0.15) is 0 Å². The summed E-state index contributed by atoms with van der Waals surface area (Å²) in [6.45, 7) is 9.65. The minimum Gasteiger partial charge on any atom is -0.300 e. The van der Waals surface area contributed by atoms with Gasteiger partial charge in [0, 0.05) is 6.04 Å². The molecule has 1 heteroatoms. The lowest BCUT2D eigenvalue weighted by atomic mass is 9.91. The van der Waals surface area contributed by atoms with Crippen LogP contribution < -0.4 is 0 Å². The first-order chi connectivity index (χ1) is 10.7. The second kappa shape index (κ2) is 9.35. The van der Waals surface area contributed by atoms with Crippen LogP contribution in [-0.4, -0.2) is 24.0 Å². The lowest BCUT2D eigenvalue weighted by Crippen LogP contribution is -2.42. The highest BCUT2D eigenvalue weighted by Crippen LogP contribution is 2.24. The molecule has 0 saturated carbocycles. The van der Waals surface area contributed by atoms with E-state index in [2.05, 4.69) is 49.9 Å². The molecule has 1 aromatic rings. The summed E-state index contributed by atoms with van der Waals surface area (Å²) in [4.78, 5) is 2.75. The Morgan fingerprint density at radius 3 is 2.32 bits per heavy atom. The summed E-state index contributed by atoms with van der Waals surface area (Å²) in [5.74, 6) is 0.933. The molecule has 1 aliphatic heterocycles. The molecule has 1 nitrogen and oxygen atoms in total. The number of rotatable bonds is 8. The number of likely N-dealkylation sites (tertiary alicyclic amines) is 1. The van der Waals surface area contributed by atoms with Crippen molar-refractivity contribution in [3.8, 4) is 0 Å². The van der Waals surface area contributed by atoms with Crippen molar-refractivity contribution in [1.82, 2.24) is 4.90 Å². The molecule has 0 amide bonds. The molecule has 1 aromatic carbocycles. The second-order valence-electron chi connectivity index (χ2n) is 7.25. The molecule has 0 aromatic heterocycles. The highest BCUT2D eigenvalue weighted by Gasteiger charge is 2.24. The van der Waals surface area contributed by atoms with Gasteiger partial charge in [-0.1, -0.05) is 51.5 Å². The molecule has 0 bridgehead atoms. The van der Waals surface area contributed by atoms with E-state index in [0.717, 1.165) is 12.0 Å². The fourth-order valence-corrected chi connectivity index (χ4v) is 3.82. The van der Waals surface area contributed by atoms with Gasteiger partial charge in [0.25, 0.3) is 0 Å². The molecule has 124 valence electrons. The standard InChI is InChI=1S/C21H35N/c1-4-8-19-10-12-20(13-11-19)9-6-7-15-22-16-14-18(3)17-21(22)5-2/h10-13,18,21H,4-9,14-17H2,1-3H3. The molecular formula is C21H35N.